The Hall–Kier alpha value is -1.59. The van der Waals surface area contributed by atoms with Crippen molar-refractivity contribution >= 4 is 5.97 Å². The fourth-order valence-corrected chi connectivity index (χ4v) is 2.20. The second kappa shape index (κ2) is 13.8. The van der Waals surface area contributed by atoms with Gasteiger partial charge in [0.2, 0.25) is 0 Å². The molecule has 138 valence electrons. The van der Waals surface area contributed by atoms with Crippen molar-refractivity contribution in [2.75, 3.05) is 34.0 Å². The van der Waals surface area contributed by atoms with Crippen molar-refractivity contribution in [2.24, 2.45) is 5.73 Å². The van der Waals surface area contributed by atoms with Crippen molar-refractivity contribution in [3.63, 3.8) is 0 Å². The van der Waals surface area contributed by atoms with Gasteiger partial charge in [-0.05, 0) is 62.9 Å². The lowest BCUT2D eigenvalue weighted by Gasteiger charge is -2.14. The molecule has 1 aromatic rings. The van der Waals surface area contributed by atoms with Crippen molar-refractivity contribution < 1.29 is 19.0 Å². The lowest BCUT2D eigenvalue weighted by Crippen LogP contribution is -2.10. The van der Waals surface area contributed by atoms with Gasteiger partial charge in [0.25, 0.3) is 0 Å². The molecule has 0 saturated heterocycles. The third kappa shape index (κ3) is 8.31. The van der Waals surface area contributed by atoms with Gasteiger partial charge in [0.15, 0.2) is 0 Å². The standard InChI is InChI=1S/C16H25NO3.C3H8O/c1-4-7-13-11-14(20-9-6-5-8-17)10-12(2)15(13)16(18)19-3;1-3-4-2/h10-11H,4-9,17H2,1-3H3;3H2,1-2H3. The molecule has 0 aromatic heterocycles. The lowest BCUT2D eigenvalue weighted by atomic mass is 9.98. The molecule has 5 heteroatoms. The summed E-state index contributed by atoms with van der Waals surface area (Å²) >= 11 is 0. The van der Waals surface area contributed by atoms with Gasteiger partial charge < -0.3 is 19.9 Å². The van der Waals surface area contributed by atoms with Gasteiger partial charge in [-0.25, -0.2) is 4.79 Å². The maximum Gasteiger partial charge on any atom is 0.338 e. The minimum Gasteiger partial charge on any atom is -0.494 e. The van der Waals surface area contributed by atoms with Gasteiger partial charge >= 0.3 is 5.97 Å². The average Bonchev–Trinajstić information content (AvgIpc) is 2.58. The quantitative estimate of drug-likeness (QED) is 0.551. The first-order valence-electron chi connectivity index (χ1n) is 8.59. The van der Waals surface area contributed by atoms with Crippen LogP contribution in [0.15, 0.2) is 12.1 Å². The highest BCUT2D eigenvalue weighted by Crippen LogP contribution is 2.24. The molecular formula is C19H33NO4. The highest BCUT2D eigenvalue weighted by Gasteiger charge is 2.16. The number of nitrogens with two attached hydrogens (primary N) is 1. The van der Waals surface area contributed by atoms with E-state index in [2.05, 4.69) is 11.7 Å². The lowest BCUT2D eigenvalue weighted by molar-refractivity contribution is 0.0598. The topological polar surface area (TPSA) is 70.8 Å². The fraction of sp³-hybridized carbons (Fsp3) is 0.632. The second-order valence-corrected chi connectivity index (χ2v) is 5.44. The number of carbonyl (C=O) groups is 1. The van der Waals surface area contributed by atoms with Crippen molar-refractivity contribution in [2.45, 2.75) is 46.5 Å². The van der Waals surface area contributed by atoms with E-state index in [1.165, 1.54) is 7.11 Å². The highest BCUT2D eigenvalue weighted by molar-refractivity contribution is 5.93. The Bertz CT molecular complexity index is 473. The normalized spacial score (nSPS) is 9.92. The number of methoxy groups -OCH3 is 2. The Morgan fingerprint density at radius 2 is 1.83 bits per heavy atom. The molecule has 5 nitrogen and oxygen atoms in total. The van der Waals surface area contributed by atoms with Crippen LogP contribution in [0.3, 0.4) is 0 Å². The zero-order valence-corrected chi connectivity index (χ0v) is 15.8. The molecule has 0 atom stereocenters. The van der Waals surface area contributed by atoms with Gasteiger partial charge in [-0.1, -0.05) is 13.3 Å². The largest absolute Gasteiger partial charge is 0.494 e. The third-order valence-corrected chi connectivity index (χ3v) is 3.46. The van der Waals surface area contributed by atoms with Crippen molar-refractivity contribution in [3.8, 4) is 5.75 Å². The van der Waals surface area contributed by atoms with E-state index in [0.29, 0.717) is 18.7 Å². The van der Waals surface area contributed by atoms with E-state index in [0.717, 1.165) is 49.2 Å². The molecule has 24 heavy (non-hydrogen) atoms. The van der Waals surface area contributed by atoms with E-state index in [9.17, 15) is 4.79 Å². The van der Waals surface area contributed by atoms with E-state index < -0.39 is 0 Å². The summed E-state index contributed by atoms with van der Waals surface area (Å²) in [6.07, 6.45) is 3.71. The molecular weight excluding hydrogens is 306 g/mol. The summed E-state index contributed by atoms with van der Waals surface area (Å²) in [6.45, 7) is 8.12. The molecule has 1 aromatic carbocycles. The minimum absolute atomic E-state index is 0.277. The highest BCUT2D eigenvalue weighted by atomic mass is 16.5. The summed E-state index contributed by atoms with van der Waals surface area (Å²) < 4.78 is 15.1. The molecule has 0 heterocycles. The molecule has 2 N–H and O–H groups in total. The molecule has 0 radical (unpaired) electrons. The molecule has 0 bridgehead atoms. The van der Waals surface area contributed by atoms with Gasteiger partial charge in [-0.2, -0.15) is 0 Å². The van der Waals surface area contributed by atoms with Gasteiger partial charge in [0, 0.05) is 13.7 Å². The maximum atomic E-state index is 11.9. The minimum atomic E-state index is -0.277. The Balaban J connectivity index is 0.00000118. The third-order valence-electron chi connectivity index (χ3n) is 3.46. The summed E-state index contributed by atoms with van der Waals surface area (Å²) in [6, 6.07) is 3.85. The van der Waals surface area contributed by atoms with Crippen LogP contribution in [0.2, 0.25) is 0 Å². The van der Waals surface area contributed by atoms with Crippen LogP contribution in [0.25, 0.3) is 0 Å². The van der Waals surface area contributed by atoms with Gasteiger partial charge in [-0.15, -0.1) is 0 Å². The van der Waals surface area contributed by atoms with E-state index in [4.69, 9.17) is 15.2 Å². The molecule has 0 saturated carbocycles. The Kier molecular flexibility index (Phi) is 12.9. The van der Waals surface area contributed by atoms with Crippen LogP contribution in [0.1, 0.15) is 54.6 Å². The molecule has 0 aliphatic heterocycles. The molecule has 0 aliphatic carbocycles. The number of ether oxygens (including phenoxy) is 3. The predicted octanol–water partition coefficient (Wildman–Crippen LogP) is 3.50. The summed E-state index contributed by atoms with van der Waals surface area (Å²) in [5.41, 5.74) is 8.02. The number of carbonyl (C=O) groups excluding carboxylic acids is 1. The van der Waals surface area contributed by atoms with Crippen LogP contribution in [-0.4, -0.2) is 39.9 Å². The molecule has 0 unspecified atom stereocenters. The smallest absolute Gasteiger partial charge is 0.338 e. The van der Waals surface area contributed by atoms with E-state index >= 15 is 0 Å². The van der Waals surface area contributed by atoms with Crippen LogP contribution >= 0.6 is 0 Å². The van der Waals surface area contributed by atoms with Crippen LogP contribution < -0.4 is 10.5 Å². The zero-order valence-electron chi connectivity index (χ0n) is 15.8. The fourth-order valence-electron chi connectivity index (χ4n) is 2.20. The Morgan fingerprint density at radius 1 is 1.17 bits per heavy atom. The Labute approximate surface area is 146 Å². The predicted molar refractivity (Wildman–Crippen MR) is 97.8 cm³/mol. The SMILES string of the molecule is CCCc1cc(OCCCCN)cc(C)c1C(=O)OC.CCOC. The van der Waals surface area contributed by atoms with Crippen LogP contribution in [0.5, 0.6) is 5.75 Å². The number of rotatable bonds is 9. The van der Waals surface area contributed by atoms with E-state index in [1.54, 1.807) is 7.11 Å². The van der Waals surface area contributed by atoms with Crippen LogP contribution in [0.4, 0.5) is 0 Å². The first-order chi connectivity index (χ1) is 11.5. The first-order valence-corrected chi connectivity index (χ1v) is 8.59. The molecule has 0 amide bonds. The van der Waals surface area contributed by atoms with Crippen molar-refractivity contribution in [1.29, 1.82) is 0 Å². The summed E-state index contributed by atoms with van der Waals surface area (Å²) in [4.78, 5) is 11.9. The molecule has 0 fully saturated rings. The van der Waals surface area contributed by atoms with Crippen LogP contribution in [0, 0.1) is 6.92 Å². The van der Waals surface area contributed by atoms with Crippen molar-refractivity contribution in [3.05, 3.63) is 28.8 Å². The Morgan fingerprint density at radius 3 is 2.33 bits per heavy atom. The molecule has 0 aliphatic rings. The number of hydrogen-bond donors (Lipinski definition) is 1. The number of aryl methyl sites for hydroxylation is 2. The molecule has 0 spiro atoms. The first kappa shape index (κ1) is 22.4. The van der Waals surface area contributed by atoms with Gasteiger partial charge in [-0.3, -0.25) is 0 Å². The zero-order chi connectivity index (χ0) is 18.4. The monoisotopic (exact) mass is 339 g/mol. The number of unbranched alkanes of at least 4 members (excludes halogenated alkanes) is 1. The van der Waals surface area contributed by atoms with E-state index in [-0.39, 0.29) is 5.97 Å². The van der Waals surface area contributed by atoms with E-state index in [1.807, 2.05) is 26.0 Å². The van der Waals surface area contributed by atoms with Crippen molar-refractivity contribution in [1.82, 2.24) is 0 Å². The number of esters is 1. The summed E-state index contributed by atoms with van der Waals surface area (Å²) in [5.74, 6) is 0.538. The number of benzene rings is 1. The summed E-state index contributed by atoms with van der Waals surface area (Å²) in [7, 11) is 3.09. The van der Waals surface area contributed by atoms with Gasteiger partial charge in [0.1, 0.15) is 5.75 Å². The van der Waals surface area contributed by atoms with Crippen LogP contribution in [-0.2, 0) is 15.9 Å². The second-order valence-electron chi connectivity index (χ2n) is 5.44. The summed E-state index contributed by atoms with van der Waals surface area (Å²) in [5, 5.41) is 0. The maximum absolute atomic E-state index is 11.9. The number of hydrogen-bond acceptors (Lipinski definition) is 5. The van der Waals surface area contributed by atoms with Gasteiger partial charge in [0.05, 0.1) is 19.3 Å². The molecule has 1 rings (SSSR count). The average molecular weight is 339 g/mol.